The first-order chi connectivity index (χ1) is 11.5. The van der Waals surface area contributed by atoms with Gasteiger partial charge in [0.25, 0.3) is 5.91 Å². The van der Waals surface area contributed by atoms with Gasteiger partial charge in [-0.1, -0.05) is 23.7 Å². The van der Waals surface area contributed by atoms with E-state index in [-0.39, 0.29) is 30.4 Å². The number of hydrogen-bond acceptors (Lipinski definition) is 4. The van der Waals surface area contributed by atoms with Crippen LogP contribution in [0.3, 0.4) is 0 Å². The van der Waals surface area contributed by atoms with Crippen LogP contribution < -0.4 is 0 Å². The molecule has 24 heavy (non-hydrogen) atoms. The van der Waals surface area contributed by atoms with Crippen LogP contribution >= 0.6 is 11.6 Å². The molecule has 5 nitrogen and oxygen atoms in total. The number of β-amino-alcohol motifs (C(OH)–C–C–N with tert-alkyl or cyclic N) is 1. The molecule has 1 amide bonds. The Labute approximate surface area is 145 Å². The third-order valence-corrected chi connectivity index (χ3v) is 4.26. The van der Waals surface area contributed by atoms with E-state index >= 15 is 0 Å². The van der Waals surface area contributed by atoms with E-state index in [9.17, 15) is 9.90 Å². The van der Waals surface area contributed by atoms with Crippen LogP contribution in [0.5, 0.6) is 0 Å². The van der Waals surface area contributed by atoms with Gasteiger partial charge in [0.2, 0.25) is 0 Å². The Morgan fingerprint density at radius 2 is 2.04 bits per heavy atom. The first-order valence-electron chi connectivity index (χ1n) is 7.93. The van der Waals surface area contributed by atoms with Crippen molar-refractivity contribution in [2.45, 2.75) is 32.2 Å². The van der Waals surface area contributed by atoms with Gasteiger partial charge in [-0.2, -0.15) is 0 Å². The van der Waals surface area contributed by atoms with Crippen LogP contribution in [0.15, 0.2) is 40.8 Å². The van der Waals surface area contributed by atoms with Crippen LogP contribution in [0, 0.1) is 0 Å². The molecule has 2 aromatic rings. The number of aliphatic hydroxyl groups is 1. The second-order valence-electron chi connectivity index (χ2n) is 6.14. The molecule has 2 heterocycles. The maximum absolute atomic E-state index is 12.6. The monoisotopic (exact) mass is 349 g/mol. The largest absolute Gasteiger partial charge is 0.451 e. The standard InChI is InChI=1S/C18H20ClNO4/c1-11(2)23-17-10-20(9-14(17)21)18(22)16-8-7-15(24-16)12-5-3-4-6-13(12)19/h3-8,11,14,17,21H,9-10H2,1-2H3/t14-,17-/m0/s1. The molecule has 0 bridgehead atoms. The fraction of sp³-hybridized carbons (Fsp3) is 0.389. The molecule has 0 saturated carbocycles. The SMILES string of the molecule is CC(C)O[C@H]1CN(C(=O)c2ccc(-c3ccccc3Cl)o2)C[C@@H]1O. The Bertz CT molecular complexity index is 727. The van der Waals surface area contributed by atoms with Gasteiger partial charge in [-0.15, -0.1) is 0 Å². The minimum Gasteiger partial charge on any atom is -0.451 e. The third-order valence-electron chi connectivity index (χ3n) is 3.93. The van der Waals surface area contributed by atoms with Gasteiger partial charge in [-0.05, 0) is 38.1 Å². The number of ether oxygens (including phenoxy) is 1. The molecule has 0 spiro atoms. The maximum atomic E-state index is 12.6. The van der Waals surface area contributed by atoms with E-state index in [1.165, 1.54) is 0 Å². The third kappa shape index (κ3) is 3.48. The normalized spacial score (nSPS) is 20.8. The highest BCUT2D eigenvalue weighted by Crippen LogP contribution is 2.29. The number of carbonyl (C=O) groups excluding carboxylic acids is 1. The molecule has 1 aromatic heterocycles. The Hall–Kier alpha value is -1.82. The molecule has 1 aliphatic heterocycles. The van der Waals surface area contributed by atoms with Crippen molar-refractivity contribution >= 4 is 17.5 Å². The van der Waals surface area contributed by atoms with Crippen LogP contribution in [-0.2, 0) is 4.74 Å². The molecule has 1 N–H and O–H groups in total. The summed E-state index contributed by atoms with van der Waals surface area (Å²) in [6.45, 7) is 4.39. The zero-order valence-corrected chi connectivity index (χ0v) is 14.4. The van der Waals surface area contributed by atoms with Crippen molar-refractivity contribution < 1.29 is 19.1 Å². The van der Waals surface area contributed by atoms with Crippen LogP contribution in [0.4, 0.5) is 0 Å². The van der Waals surface area contributed by atoms with Gasteiger partial charge in [0.15, 0.2) is 5.76 Å². The van der Waals surface area contributed by atoms with Crippen molar-refractivity contribution in [1.82, 2.24) is 4.90 Å². The maximum Gasteiger partial charge on any atom is 0.289 e. The lowest BCUT2D eigenvalue weighted by Crippen LogP contribution is -2.30. The smallest absolute Gasteiger partial charge is 0.289 e. The Balaban J connectivity index is 1.74. The van der Waals surface area contributed by atoms with Gasteiger partial charge in [0.05, 0.1) is 23.8 Å². The number of benzene rings is 1. The summed E-state index contributed by atoms with van der Waals surface area (Å²) in [5.41, 5.74) is 0.737. The zero-order valence-electron chi connectivity index (χ0n) is 13.6. The molecule has 3 rings (SSSR count). The van der Waals surface area contributed by atoms with Gasteiger partial charge in [0, 0.05) is 12.1 Å². The molecule has 1 aliphatic rings. The van der Waals surface area contributed by atoms with Crippen molar-refractivity contribution in [3.8, 4) is 11.3 Å². The molecule has 1 saturated heterocycles. The summed E-state index contributed by atoms with van der Waals surface area (Å²) in [6, 6.07) is 10.7. The topological polar surface area (TPSA) is 62.9 Å². The van der Waals surface area contributed by atoms with E-state index < -0.39 is 6.10 Å². The first-order valence-corrected chi connectivity index (χ1v) is 8.31. The minimum atomic E-state index is -0.686. The first kappa shape index (κ1) is 17.0. The van der Waals surface area contributed by atoms with Crippen LogP contribution in [-0.4, -0.2) is 47.3 Å². The molecular weight excluding hydrogens is 330 g/mol. The number of nitrogens with zero attached hydrogens (tertiary/aromatic N) is 1. The summed E-state index contributed by atoms with van der Waals surface area (Å²) in [4.78, 5) is 14.1. The number of likely N-dealkylation sites (tertiary alicyclic amines) is 1. The molecule has 1 aromatic carbocycles. The molecule has 128 valence electrons. The highest BCUT2D eigenvalue weighted by atomic mass is 35.5. The summed E-state index contributed by atoms with van der Waals surface area (Å²) in [7, 11) is 0. The molecule has 0 radical (unpaired) electrons. The molecule has 0 aliphatic carbocycles. The van der Waals surface area contributed by atoms with Crippen LogP contribution in [0.2, 0.25) is 5.02 Å². The van der Waals surface area contributed by atoms with Crippen molar-refractivity contribution in [2.24, 2.45) is 0 Å². The number of carbonyl (C=O) groups is 1. The number of halogens is 1. The number of aliphatic hydroxyl groups excluding tert-OH is 1. The average molecular weight is 350 g/mol. The van der Waals surface area contributed by atoms with Gasteiger partial charge >= 0.3 is 0 Å². The van der Waals surface area contributed by atoms with E-state index in [1.54, 1.807) is 23.1 Å². The highest BCUT2D eigenvalue weighted by Gasteiger charge is 2.36. The summed E-state index contributed by atoms with van der Waals surface area (Å²) in [6.07, 6.45) is -1.06. The van der Waals surface area contributed by atoms with Crippen LogP contribution in [0.1, 0.15) is 24.4 Å². The fourth-order valence-electron chi connectivity index (χ4n) is 2.82. The average Bonchev–Trinajstić information content (AvgIpc) is 3.14. The van der Waals surface area contributed by atoms with E-state index in [0.29, 0.717) is 17.3 Å². The lowest BCUT2D eigenvalue weighted by atomic mass is 10.2. The molecule has 1 fully saturated rings. The van der Waals surface area contributed by atoms with E-state index in [1.807, 2.05) is 32.0 Å². The lowest BCUT2D eigenvalue weighted by Gasteiger charge is -2.17. The van der Waals surface area contributed by atoms with Crippen molar-refractivity contribution in [1.29, 1.82) is 0 Å². The molecule has 0 unspecified atom stereocenters. The highest BCUT2D eigenvalue weighted by molar-refractivity contribution is 6.33. The fourth-order valence-corrected chi connectivity index (χ4v) is 3.05. The molecule has 2 atom stereocenters. The number of furan rings is 1. The Morgan fingerprint density at radius 3 is 2.75 bits per heavy atom. The summed E-state index contributed by atoms with van der Waals surface area (Å²) in [5.74, 6) is 0.503. The van der Waals surface area contributed by atoms with Gasteiger partial charge in [-0.25, -0.2) is 0 Å². The lowest BCUT2D eigenvalue weighted by molar-refractivity contribution is -0.0394. The van der Waals surface area contributed by atoms with Crippen molar-refractivity contribution in [2.75, 3.05) is 13.1 Å². The quantitative estimate of drug-likeness (QED) is 0.920. The Morgan fingerprint density at radius 1 is 1.29 bits per heavy atom. The van der Waals surface area contributed by atoms with Gasteiger partial charge in [-0.3, -0.25) is 4.79 Å². The van der Waals surface area contributed by atoms with E-state index in [0.717, 1.165) is 5.56 Å². The summed E-state index contributed by atoms with van der Waals surface area (Å²) < 4.78 is 11.3. The predicted molar refractivity (Wildman–Crippen MR) is 91.1 cm³/mol. The van der Waals surface area contributed by atoms with Crippen molar-refractivity contribution in [3.63, 3.8) is 0 Å². The molecule has 6 heteroatoms. The predicted octanol–water partition coefficient (Wildman–Crippen LogP) is 3.21. The zero-order chi connectivity index (χ0) is 17.3. The minimum absolute atomic E-state index is 0.00450. The number of hydrogen-bond donors (Lipinski definition) is 1. The van der Waals surface area contributed by atoms with Gasteiger partial charge in [0.1, 0.15) is 11.9 Å². The molecular formula is C18H20ClNO4. The van der Waals surface area contributed by atoms with Crippen LogP contribution in [0.25, 0.3) is 11.3 Å². The van der Waals surface area contributed by atoms with E-state index in [4.69, 9.17) is 20.8 Å². The Kier molecular flexibility index (Phi) is 4.94. The van der Waals surface area contributed by atoms with Gasteiger partial charge < -0.3 is 19.2 Å². The number of rotatable bonds is 4. The summed E-state index contributed by atoms with van der Waals surface area (Å²) in [5, 5.41) is 10.6. The van der Waals surface area contributed by atoms with Crippen molar-refractivity contribution in [3.05, 3.63) is 47.2 Å². The second-order valence-corrected chi connectivity index (χ2v) is 6.55. The number of amides is 1. The summed E-state index contributed by atoms with van der Waals surface area (Å²) >= 11 is 6.16. The van der Waals surface area contributed by atoms with E-state index in [2.05, 4.69) is 0 Å². The second kappa shape index (κ2) is 6.97.